The van der Waals surface area contributed by atoms with E-state index in [2.05, 4.69) is 5.10 Å². The van der Waals surface area contributed by atoms with Crippen LogP contribution in [0.25, 0.3) is 0 Å². The molecule has 0 saturated heterocycles. The van der Waals surface area contributed by atoms with Crippen LogP contribution in [0.3, 0.4) is 0 Å². The van der Waals surface area contributed by atoms with Crippen LogP contribution in [0.5, 0.6) is 0 Å². The van der Waals surface area contributed by atoms with Gasteiger partial charge >= 0.3 is 5.69 Å². The lowest BCUT2D eigenvalue weighted by Gasteiger charge is -2.21. The van der Waals surface area contributed by atoms with Gasteiger partial charge in [-0.1, -0.05) is 12.8 Å². The van der Waals surface area contributed by atoms with Crippen LogP contribution in [0.4, 0.5) is 5.69 Å². The predicted octanol–water partition coefficient (Wildman–Crippen LogP) is 1.10. The summed E-state index contributed by atoms with van der Waals surface area (Å²) in [4.78, 5) is 9.94. The molecule has 0 aliphatic heterocycles. The lowest BCUT2D eigenvalue weighted by Crippen LogP contribution is -2.30. The van der Waals surface area contributed by atoms with Crippen LogP contribution in [-0.4, -0.2) is 25.4 Å². The summed E-state index contributed by atoms with van der Waals surface area (Å²) < 4.78 is 1.45. The first-order valence-corrected chi connectivity index (χ1v) is 4.98. The second kappa shape index (κ2) is 3.62. The van der Waals surface area contributed by atoms with Crippen molar-refractivity contribution in [2.75, 3.05) is 0 Å². The van der Waals surface area contributed by atoms with Crippen molar-refractivity contribution in [3.63, 3.8) is 0 Å². The molecule has 1 heterocycles. The van der Waals surface area contributed by atoms with Gasteiger partial charge in [0.1, 0.15) is 12.4 Å². The highest BCUT2D eigenvalue weighted by Gasteiger charge is 2.32. The normalized spacial score (nSPS) is 19.3. The third-order valence-corrected chi connectivity index (χ3v) is 2.82. The molecule has 0 atom stereocenters. The molecule has 0 amide bonds. The maximum Gasteiger partial charge on any atom is 0.306 e. The second-order valence-electron chi connectivity index (χ2n) is 4.08. The summed E-state index contributed by atoms with van der Waals surface area (Å²) in [5.74, 6) is 0. The van der Waals surface area contributed by atoms with Gasteiger partial charge in [0.25, 0.3) is 0 Å². The molecule has 1 aliphatic rings. The molecule has 1 aromatic rings. The highest BCUT2D eigenvalue weighted by atomic mass is 16.6. The van der Waals surface area contributed by atoms with Crippen LogP contribution in [0, 0.1) is 10.1 Å². The van der Waals surface area contributed by atoms with Crippen LogP contribution < -0.4 is 0 Å². The summed E-state index contributed by atoms with van der Waals surface area (Å²) in [5, 5.41) is 24.3. The van der Waals surface area contributed by atoms with E-state index in [9.17, 15) is 15.2 Å². The van der Waals surface area contributed by atoms with Crippen molar-refractivity contribution in [1.29, 1.82) is 0 Å². The van der Waals surface area contributed by atoms with Gasteiger partial charge in [0.15, 0.2) is 0 Å². The average Bonchev–Trinajstić information content (AvgIpc) is 2.75. The number of hydrogen-bond donors (Lipinski definition) is 1. The van der Waals surface area contributed by atoms with Crippen molar-refractivity contribution in [3.05, 3.63) is 22.5 Å². The van der Waals surface area contributed by atoms with Crippen molar-refractivity contribution in [2.45, 2.75) is 37.8 Å². The molecule has 82 valence electrons. The Morgan fingerprint density at radius 2 is 2.27 bits per heavy atom. The highest BCUT2D eigenvalue weighted by Crippen LogP contribution is 2.30. The van der Waals surface area contributed by atoms with Crippen LogP contribution in [0.15, 0.2) is 12.4 Å². The summed E-state index contributed by atoms with van der Waals surface area (Å²) >= 11 is 0. The van der Waals surface area contributed by atoms with E-state index in [1.165, 1.54) is 17.1 Å². The Balaban J connectivity index is 2.07. The van der Waals surface area contributed by atoms with Gasteiger partial charge in [0.2, 0.25) is 0 Å². The monoisotopic (exact) mass is 211 g/mol. The third-order valence-electron chi connectivity index (χ3n) is 2.82. The summed E-state index contributed by atoms with van der Waals surface area (Å²) in [5.41, 5.74) is -0.753. The predicted molar refractivity (Wildman–Crippen MR) is 52.3 cm³/mol. The number of aromatic nitrogens is 2. The molecule has 1 fully saturated rings. The molecule has 1 aromatic heterocycles. The molecule has 1 aliphatic carbocycles. The number of nitro groups is 1. The van der Waals surface area contributed by atoms with Crippen molar-refractivity contribution >= 4 is 5.69 Å². The third kappa shape index (κ3) is 2.15. The minimum Gasteiger partial charge on any atom is -0.388 e. The van der Waals surface area contributed by atoms with Crippen LogP contribution in [-0.2, 0) is 6.54 Å². The number of nitrogens with zero attached hydrogens (tertiary/aromatic N) is 3. The number of rotatable bonds is 3. The molecule has 2 rings (SSSR count). The summed E-state index contributed by atoms with van der Waals surface area (Å²) in [6.07, 6.45) is 6.09. The van der Waals surface area contributed by atoms with Crippen LogP contribution in [0.1, 0.15) is 25.7 Å². The minimum atomic E-state index is -0.722. The summed E-state index contributed by atoms with van der Waals surface area (Å²) in [7, 11) is 0. The van der Waals surface area contributed by atoms with Crippen molar-refractivity contribution in [2.24, 2.45) is 0 Å². The fourth-order valence-corrected chi connectivity index (χ4v) is 2.03. The molecular weight excluding hydrogens is 198 g/mol. The van der Waals surface area contributed by atoms with Gasteiger partial charge < -0.3 is 5.11 Å². The van der Waals surface area contributed by atoms with Crippen molar-refractivity contribution < 1.29 is 10.0 Å². The smallest absolute Gasteiger partial charge is 0.306 e. The largest absolute Gasteiger partial charge is 0.388 e. The van der Waals surface area contributed by atoms with Gasteiger partial charge in [-0.05, 0) is 12.8 Å². The topological polar surface area (TPSA) is 81.2 Å². The minimum absolute atomic E-state index is 0.0309. The van der Waals surface area contributed by atoms with E-state index < -0.39 is 10.5 Å². The highest BCUT2D eigenvalue weighted by molar-refractivity contribution is 5.20. The molecule has 0 aromatic carbocycles. The van der Waals surface area contributed by atoms with E-state index in [0.29, 0.717) is 6.54 Å². The zero-order valence-electron chi connectivity index (χ0n) is 8.30. The Hall–Kier alpha value is -1.43. The van der Waals surface area contributed by atoms with E-state index in [1.807, 2.05) is 0 Å². The van der Waals surface area contributed by atoms with Gasteiger partial charge in [-0.25, -0.2) is 0 Å². The first-order valence-electron chi connectivity index (χ1n) is 4.98. The molecule has 0 spiro atoms. The van der Waals surface area contributed by atoms with Gasteiger partial charge in [0.05, 0.1) is 17.1 Å². The van der Waals surface area contributed by atoms with Gasteiger partial charge in [-0.3, -0.25) is 14.8 Å². The fourth-order valence-electron chi connectivity index (χ4n) is 2.03. The Bertz CT molecular complexity index is 368. The van der Waals surface area contributed by atoms with Crippen LogP contribution in [0.2, 0.25) is 0 Å². The zero-order chi connectivity index (χ0) is 10.9. The molecule has 0 unspecified atom stereocenters. The molecule has 15 heavy (non-hydrogen) atoms. The first kappa shape index (κ1) is 10.1. The SMILES string of the molecule is O=[N+]([O-])c1cnn(CC2(O)CCCC2)c1. The van der Waals surface area contributed by atoms with E-state index >= 15 is 0 Å². The molecule has 0 radical (unpaired) electrons. The van der Waals surface area contributed by atoms with Crippen molar-refractivity contribution in [3.8, 4) is 0 Å². The fraction of sp³-hybridized carbons (Fsp3) is 0.667. The van der Waals surface area contributed by atoms with Gasteiger partial charge in [0, 0.05) is 0 Å². The van der Waals surface area contributed by atoms with E-state index in [0.717, 1.165) is 25.7 Å². The van der Waals surface area contributed by atoms with Gasteiger partial charge in [-0.15, -0.1) is 0 Å². The first-order chi connectivity index (χ1) is 7.09. The van der Waals surface area contributed by atoms with E-state index in [1.54, 1.807) is 0 Å². The maximum absolute atomic E-state index is 10.4. The maximum atomic E-state index is 10.4. The zero-order valence-corrected chi connectivity index (χ0v) is 8.30. The standard InChI is InChI=1S/C9H13N3O3/c13-9(3-1-2-4-9)7-11-6-8(5-10-11)12(14)15/h5-6,13H,1-4,7H2. The Morgan fingerprint density at radius 1 is 1.60 bits per heavy atom. The second-order valence-corrected chi connectivity index (χ2v) is 4.08. The Morgan fingerprint density at radius 3 is 2.80 bits per heavy atom. The van der Waals surface area contributed by atoms with Crippen molar-refractivity contribution in [1.82, 2.24) is 9.78 Å². The molecule has 0 bridgehead atoms. The lowest BCUT2D eigenvalue weighted by atomic mass is 10.0. The van der Waals surface area contributed by atoms with Crippen LogP contribution >= 0.6 is 0 Å². The average molecular weight is 211 g/mol. The Kier molecular flexibility index (Phi) is 2.44. The lowest BCUT2D eigenvalue weighted by molar-refractivity contribution is -0.385. The summed E-state index contributed by atoms with van der Waals surface area (Å²) in [6.45, 7) is 0.348. The van der Waals surface area contributed by atoms with E-state index in [4.69, 9.17) is 0 Å². The molecular formula is C9H13N3O3. The number of aliphatic hydroxyl groups is 1. The van der Waals surface area contributed by atoms with E-state index in [-0.39, 0.29) is 5.69 Å². The molecule has 1 N–H and O–H groups in total. The molecule has 6 nitrogen and oxygen atoms in total. The molecule has 1 saturated carbocycles. The van der Waals surface area contributed by atoms with Gasteiger partial charge in [-0.2, -0.15) is 5.10 Å². The summed E-state index contributed by atoms with van der Waals surface area (Å²) in [6, 6.07) is 0. The Labute approximate surface area is 86.7 Å². The number of hydrogen-bond acceptors (Lipinski definition) is 4. The quantitative estimate of drug-likeness (QED) is 0.599. The molecule has 6 heteroatoms.